The van der Waals surface area contributed by atoms with Gasteiger partial charge in [-0.2, -0.15) is 0 Å². The van der Waals surface area contributed by atoms with Crippen molar-refractivity contribution in [1.29, 1.82) is 0 Å². The second kappa shape index (κ2) is 16.2. The van der Waals surface area contributed by atoms with Gasteiger partial charge in [0.1, 0.15) is 5.75 Å². The number of ether oxygens (including phenoxy) is 2. The Morgan fingerprint density at radius 2 is 1.17 bits per heavy atom. The summed E-state index contributed by atoms with van der Waals surface area (Å²) in [6, 6.07) is 16.6. The highest BCUT2D eigenvalue weighted by molar-refractivity contribution is 6.20. The molecule has 4 nitrogen and oxygen atoms in total. The smallest absolute Gasteiger partial charge is 0.159 e. The van der Waals surface area contributed by atoms with E-state index >= 15 is 0 Å². The van der Waals surface area contributed by atoms with Crippen molar-refractivity contribution in [3.05, 3.63) is 60.9 Å². The average molecular weight is 509 g/mol. The van der Waals surface area contributed by atoms with E-state index in [0.29, 0.717) is 5.82 Å². The molecule has 0 aliphatic heterocycles. The third-order valence-corrected chi connectivity index (χ3v) is 6.88. The molecule has 0 fully saturated rings. The molecular formula is C31H41ClN2O2. The van der Waals surface area contributed by atoms with Gasteiger partial charge in [-0.15, -0.1) is 11.6 Å². The average Bonchev–Trinajstić information content (AvgIpc) is 2.93. The van der Waals surface area contributed by atoms with E-state index in [9.17, 15) is 0 Å². The quantitative estimate of drug-likeness (QED) is 0.135. The van der Waals surface area contributed by atoms with Crippen molar-refractivity contribution < 1.29 is 9.47 Å². The number of unbranched alkanes of at least 4 members (excludes halogenated alkanes) is 6. The molecule has 0 N–H and O–H groups in total. The standard InChI is InChI=1S/C31H41ClN2O2/c1-3-5-6-7-8-10-21-36-30-23-33-31(34-24-30)27-15-13-25(14-16-27)26-17-19-29(20-18-26)35-22-11-9-12-28(32)4-2/h13-20,23-24,28H,3-12,21-22H2,1-2H3. The van der Waals surface area contributed by atoms with Crippen LogP contribution in [0.5, 0.6) is 11.5 Å². The first kappa shape index (κ1) is 28.0. The van der Waals surface area contributed by atoms with Crippen LogP contribution >= 0.6 is 11.6 Å². The highest BCUT2D eigenvalue weighted by Crippen LogP contribution is 2.25. The van der Waals surface area contributed by atoms with Gasteiger partial charge in [-0.3, -0.25) is 0 Å². The minimum absolute atomic E-state index is 0.287. The summed E-state index contributed by atoms with van der Waals surface area (Å²) >= 11 is 6.17. The molecule has 0 saturated heterocycles. The van der Waals surface area contributed by atoms with Crippen molar-refractivity contribution in [3.63, 3.8) is 0 Å². The zero-order valence-electron chi connectivity index (χ0n) is 21.9. The molecule has 1 atom stereocenters. The molecule has 3 aromatic rings. The minimum atomic E-state index is 0.287. The van der Waals surface area contributed by atoms with Crippen LogP contribution in [-0.4, -0.2) is 28.6 Å². The van der Waals surface area contributed by atoms with Crippen LogP contribution in [0.2, 0.25) is 0 Å². The Morgan fingerprint density at radius 1 is 0.639 bits per heavy atom. The molecule has 1 aromatic heterocycles. The van der Waals surface area contributed by atoms with E-state index in [2.05, 4.69) is 60.2 Å². The van der Waals surface area contributed by atoms with E-state index in [1.165, 1.54) is 32.1 Å². The summed E-state index contributed by atoms with van der Waals surface area (Å²) in [5.74, 6) is 2.34. The molecule has 3 rings (SSSR count). The first-order valence-corrected chi connectivity index (χ1v) is 14.1. The molecule has 0 amide bonds. The number of rotatable bonds is 17. The molecule has 0 saturated carbocycles. The molecular weight excluding hydrogens is 468 g/mol. The Labute approximate surface area is 222 Å². The predicted octanol–water partition coefficient (Wildman–Crippen LogP) is 9.12. The normalized spacial score (nSPS) is 11.9. The largest absolute Gasteiger partial charge is 0.494 e. The van der Waals surface area contributed by atoms with Crippen LogP contribution in [0.15, 0.2) is 60.9 Å². The Bertz CT molecular complexity index is 975. The Balaban J connectivity index is 1.43. The van der Waals surface area contributed by atoms with Crippen LogP contribution in [0, 0.1) is 0 Å². The van der Waals surface area contributed by atoms with Crippen molar-refractivity contribution in [2.24, 2.45) is 0 Å². The lowest BCUT2D eigenvalue weighted by Gasteiger charge is -2.09. The van der Waals surface area contributed by atoms with E-state index in [1.807, 2.05) is 12.1 Å². The maximum absolute atomic E-state index is 6.17. The summed E-state index contributed by atoms with van der Waals surface area (Å²) in [6.45, 7) is 5.82. The van der Waals surface area contributed by atoms with Crippen LogP contribution in [0.25, 0.3) is 22.5 Å². The van der Waals surface area contributed by atoms with Gasteiger partial charge in [0, 0.05) is 10.9 Å². The maximum atomic E-state index is 6.17. The van der Waals surface area contributed by atoms with E-state index in [1.54, 1.807) is 12.4 Å². The Hall–Kier alpha value is -2.59. The topological polar surface area (TPSA) is 44.2 Å². The molecule has 194 valence electrons. The first-order valence-electron chi connectivity index (χ1n) is 13.6. The molecule has 2 aromatic carbocycles. The molecule has 0 radical (unpaired) electrons. The van der Waals surface area contributed by atoms with Gasteiger partial charge in [-0.25, -0.2) is 9.97 Å². The van der Waals surface area contributed by atoms with Crippen LogP contribution < -0.4 is 9.47 Å². The summed E-state index contributed by atoms with van der Waals surface area (Å²) in [7, 11) is 0. The fourth-order valence-corrected chi connectivity index (χ4v) is 4.18. The van der Waals surface area contributed by atoms with Gasteiger partial charge >= 0.3 is 0 Å². The molecule has 1 heterocycles. The van der Waals surface area contributed by atoms with Crippen molar-refractivity contribution in [1.82, 2.24) is 9.97 Å². The minimum Gasteiger partial charge on any atom is -0.494 e. The lowest BCUT2D eigenvalue weighted by molar-refractivity contribution is 0.302. The van der Waals surface area contributed by atoms with Gasteiger partial charge in [0.15, 0.2) is 11.6 Å². The number of hydrogen-bond acceptors (Lipinski definition) is 4. The third kappa shape index (κ3) is 9.81. The lowest BCUT2D eigenvalue weighted by atomic mass is 10.0. The van der Waals surface area contributed by atoms with E-state index in [0.717, 1.165) is 73.5 Å². The molecule has 1 unspecified atom stereocenters. The van der Waals surface area contributed by atoms with Crippen LogP contribution in [0.4, 0.5) is 0 Å². The molecule has 0 spiro atoms. The second-order valence-electron chi connectivity index (χ2n) is 9.31. The first-order chi connectivity index (χ1) is 17.7. The van der Waals surface area contributed by atoms with Crippen LogP contribution in [-0.2, 0) is 0 Å². The number of hydrogen-bond donors (Lipinski definition) is 0. The van der Waals surface area contributed by atoms with Crippen LogP contribution in [0.3, 0.4) is 0 Å². The van der Waals surface area contributed by atoms with E-state index < -0.39 is 0 Å². The Morgan fingerprint density at radius 3 is 1.81 bits per heavy atom. The van der Waals surface area contributed by atoms with Crippen LogP contribution in [0.1, 0.15) is 78.1 Å². The second-order valence-corrected chi connectivity index (χ2v) is 9.93. The molecule has 0 aliphatic carbocycles. The number of halogens is 1. The number of nitrogens with zero attached hydrogens (tertiary/aromatic N) is 2. The maximum Gasteiger partial charge on any atom is 0.159 e. The third-order valence-electron chi connectivity index (χ3n) is 6.35. The van der Waals surface area contributed by atoms with Gasteiger partial charge in [0.05, 0.1) is 25.6 Å². The summed E-state index contributed by atoms with van der Waals surface area (Å²) in [5, 5.41) is 0.287. The van der Waals surface area contributed by atoms with Crippen molar-refractivity contribution in [2.75, 3.05) is 13.2 Å². The molecule has 0 aliphatic rings. The fraction of sp³-hybridized carbons (Fsp3) is 0.484. The van der Waals surface area contributed by atoms with Gasteiger partial charge in [-0.1, -0.05) is 82.3 Å². The monoisotopic (exact) mass is 508 g/mol. The fourth-order valence-electron chi connectivity index (χ4n) is 4.03. The van der Waals surface area contributed by atoms with Gasteiger partial charge in [0.25, 0.3) is 0 Å². The summed E-state index contributed by atoms with van der Waals surface area (Å²) in [5.41, 5.74) is 3.29. The van der Waals surface area contributed by atoms with E-state index in [-0.39, 0.29) is 5.38 Å². The number of benzene rings is 2. The molecule has 0 bridgehead atoms. The van der Waals surface area contributed by atoms with Gasteiger partial charge < -0.3 is 9.47 Å². The molecule has 5 heteroatoms. The SMILES string of the molecule is CCCCCCCCOc1cnc(-c2ccc(-c3ccc(OCCCCC(Cl)CC)cc3)cc2)nc1. The number of alkyl halides is 1. The van der Waals surface area contributed by atoms with Crippen molar-refractivity contribution in [2.45, 2.75) is 83.4 Å². The number of aromatic nitrogens is 2. The summed E-state index contributed by atoms with van der Waals surface area (Å²) in [4.78, 5) is 9.00. The van der Waals surface area contributed by atoms with Gasteiger partial charge in [-0.05, 0) is 55.4 Å². The summed E-state index contributed by atoms with van der Waals surface area (Å²) in [6.07, 6.45) is 15.3. The highest BCUT2D eigenvalue weighted by atomic mass is 35.5. The zero-order chi connectivity index (χ0) is 25.4. The van der Waals surface area contributed by atoms with Gasteiger partial charge in [0.2, 0.25) is 0 Å². The Kier molecular flexibility index (Phi) is 12.6. The lowest BCUT2D eigenvalue weighted by Crippen LogP contribution is -2.00. The highest BCUT2D eigenvalue weighted by Gasteiger charge is 2.05. The zero-order valence-corrected chi connectivity index (χ0v) is 22.7. The van der Waals surface area contributed by atoms with Crippen molar-refractivity contribution in [3.8, 4) is 34.0 Å². The predicted molar refractivity (Wildman–Crippen MR) is 151 cm³/mol. The van der Waals surface area contributed by atoms with Crippen molar-refractivity contribution >= 4 is 11.6 Å². The molecule has 36 heavy (non-hydrogen) atoms. The summed E-state index contributed by atoms with van der Waals surface area (Å²) < 4.78 is 11.7. The van der Waals surface area contributed by atoms with E-state index in [4.69, 9.17) is 21.1 Å².